The molecule has 1 aliphatic carbocycles. The lowest BCUT2D eigenvalue weighted by molar-refractivity contribution is -0.134. The number of nitrogens with zero attached hydrogens (tertiary/aromatic N) is 11. The van der Waals surface area contributed by atoms with E-state index in [0.29, 0.717) is 53.1 Å². The van der Waals surface area contributed by atoms with Gasteiger partial charge in [0.25, 0.3) is 0 Å². The summed E-state index contributed by atoms with van der Waals surface area (Å²) in [6, 6.07) is 15.7. The zero-order chi connectivity index (χ0) is 37.9. The van der Waals surface area contributed by atoms with Crippen molar-refractivity contribution < 1.29 is 9.59 Å². The Kier molecular flexibility index (Phi) is 10.2. The molecule has 1 unspecified atom stereocenters. The molecule has 0 bridgehead atoms. The van der Waals surface area contributed by atoms with Crippen LogP contribution in [0.1, 0.15) is 80.5 Å². The van der Waals surface area contributed by atoms with E-state index in [-0.39, 0.29) is 17.7 Å². The third-order valence-electron chi connectivity index (χ3n) is 11.3. The Hall–Kier alpha value is -6.19. The van der Waals surface area contributed by atoms with E-state index in [1.807, 2.05) is 24.4 Å². The van der Waals surface area contributed by atoms with Crippen molar-refractivity contribution in [3.05, 3.63) is 78.0 Å². The minimum absolute atomic E-state index is 0.183. The SMILES string of the molecule is C[C@@H](C#N)Nc1cc(-n2ncc3cc(C#N)cnc32)ncc1-n1cc(C2CCC(CCN3CCN(c4ccc(C5CCC(=O)NC5=O)cc4)CC3)CC2)nn1. The number of carbonyl (C=O) groups excluding carboxylic acids is 2. The molecule has 2 atom stereocenters. The number of benzene rings is 1. The van der Waals surface area contributed by atoms with Crippen LogP contribution < -0.4 is 15.5 Å². The second-order valence-electron chi connectivity index (χ2n) is 14.9. The van der Waals surface area contributed by atoms with E-state index in [2.05, 4.69) is 70.1 Å². The van der Waals surface area contributed by atoms with Gasteiger partial charge in [-0.25, -0.2) is 14.6 Å². The first-order valence-corrected chi connectivity index (χ1v) is 19.1. The monoisotopic (exact) mass is 737 g/mol. The maximum absolute atomic E-state index is 12.3. The molecule has 1 aromatic carbocycles. The number of imide groups is 1. The van der Waals surface area contributed by atoms with Crippen molar-refractivity contribution in [3.8, 4) is 23.6 Å². The number of piperazine rings is 1. The number of anilines is 2. The fourth-order valence-electron chi connectivity index (χ4n) is 8.12. The van der Waals surface area contributed by atoms with Gasteiger partial charge in [-0.05, 0) is 81.7 Å². The third-order valence-corrected chi connectivity index (χ3v) is 11.3. The third kappa shape index (κ3) is 7.75. The Labute approximate surface area is 319 Å². The van der Waals surface area contributed by atoms with Crippen molar-refractivity contribution in [1.82, 2.24) is 45.0 Å². The lowest BCUT2D eigenvalue weighted by Crippen LogP contribution is -2.47. The van der Waals surface area contributed by atoms with Gasteiger partial charge in [-0.2, -0.15) is 20.3 Å². The van der Waals surface area contributed by atoms with Crippen LogP contribution in [0.4, 0.5) is 11.4 Å². The summed E-state index contributed by atoms with van der Waals surface area (Å²) in [7, 11) is 0. The summed E-state index contributed by atoms with van der Waals surface area (Å²) in [5.74, 6) is 0.933. The number of hydrogen-bond donors (Lipinski definition) is 2. The highest BCUT2D eigenvalue weighted by Crippen LogP contribution is 2.37. The summed E-state index contributed by atoms with van der Waals surface area (Å²) in [6.45, 7) is 6.92. The molecular formula is C40H43N13O2. The Morgan fingerprint density at radius 1 is 0.964 bits per heavy atom. The van der Waals surface area contributed by atoms with Gasteiger partial charge in [0.1, 0.15) is 17.8 Å². The first-order valence-electron chi connectivity index (χ1n) is 19.1. The highest BCUT2D eigenvalue weighted by Gasteiger charge is 2.29. The van der Waals surface area contributed by atoms with Gasteiger partial charge in [-0.1, -0.05) is 17.3 Å². The Morgan fingerprint density at radius 2 is 1.76 bits per heavy atom. The molecule has 2 aliphatic heterocycles. The van der Waals surface area contributed by atoms with Crippen LogP contribution in [0, 0.1) is 28.6 Å². The van der Waals surface area contributed by atoms with E-state index in [1.54, 1.807) is 34.7 Å². The van der Waals surface area contributed by atoms with E-state index in [9.17, 15) is 20.1 Å². The van der Waals surface area contributed by atoms with E-state index in [4.69, 9.17) is 0 Å². The standard InChI is InChI=1S/C40H43N13O2/c1-26(20-41)46-34-19-37(53-39-31(23-45-53)18-28(21-42)22-44-39)43-24-36(34)52-25-35(48-49-52)30-4-2-27(3-5-30)12-13-50-14-16-51(17-15-50)32-8-6-29(7-9-32)33-10-11-38(54)47-40(33)55/h6-9,18-19,22-27,30,33H,2-5,10-17H2,1H3,(H,43,46)(H,47,54,55)/t26-,27?,30?,33?/m0/s1. The summed E-state index contributed by atoms with van der Waals surface area (Å²) in [5.41, 5.74) is 5.50. The molecule has 0 spiro atoms. The smallest absolute Gasteiger partial charge is 0.234 e. The fraction of sp³-hybridized carbons (Fsp3) is 0.425. The van der Waals surface area contributed by atoms with E-state index >= 15 is 0 Å². The molecule has 15 heteroatoms. The number of nitrogens with one attached hydrogen (secondary N) is 2. The quantitative estimate of drug-likeness (QED) is 0.190. The topological polar surface area (TPSA) is 187 Å². The Bertz CT molecular complexity index is 2270. The largest absolute Gasteiger partial charge is 0.369 e. The van der Waals surface area contributed by atoms with Crippen molar-refractivity contribution in [2.45, 2.75) is 69.7 Å². The minimum atomic E-state index is -0.465. The number of pyridine rings is 2. The molecule has 1 saturated carbocycles. The van der Waals surface area contributed by atoms with Gasteiger partial charge < -0.3 is 10.2 Å². The average molecular weight is 738 g/mol. The minimum Gasteiger partial charge on any atom is -0.369 e. The van der Waals surface area contributed by atoms with Crippen LogP contribution in [-0.4, -0.2) is 90.2 Å². The molecule has 15 nitrogen and oxygen atoms in total. The Balaban J connectivity index is 0.836. The fourth-order valence-corrected chi connectivity index (χ4v) is 8.12. The van der Waals surface area contributed by atoms with Gasteiger partial charge >= 0.3 is 0 Å². The van der Waals surface area contributed by atoms with Crippen molar-refractivity contribution in [3.63, 3.8) is 0 Å². The number of aromatic nitrogens is 7. The van der Waals surface area contributed by atoms with Crippen molar-refractivity contribution >= 4 is 34.2 Å². The van der Waals surface area contributed by atoms with Gasteiger partial charge in [0, 0.05) is 61.9 Å². The predicted octanol–water partition coefficient (Wildman–Crippen LogP) is 4.60. The summed E-state index contributed by atoms with van der Waals surface area (Å²) in [4.78, 5) is 37.9. The molecule has 4 aromatic heterocycles. The number of hydrogen-bond acceptors (Lipinski definition) is 12. The van der Waals surface area contributed by atoms with Crippen LogP contribution >= 0.6 is 0 Å². The number of piperidine rings is 1. The van der Waals surface area contributed by atoms with Crippen LogP contribution in [0.15, 0.2) is 61.2 Å². The first kappa shape index (κ1) is 35.8. The van der Waals surface area contributed by atoms with Gasteiger partial charge in [0.05, 0.1) is 47.5 Å². The molecule has 3 fully saturated rings. The van der Waals surface area contributed by atoms with Gasteiger partial charge in [-0.3, -0.25) is 19.8 Å². The van der Waals surface area contributed by atoms with Crippen LogP contribution in [-0.2, 0) is 9.59 Å². The number of rotatable bonds is 10. The summed E-state index contributed by atoms with van der Waals surface area (Å²) in [6.07, 6.45) is 13.5. The average Bonchev–Trinajstić information content (AvgIpc) is 3.88. The molecule has 8 rings (SSSR count). The number of amides is 2. The zero-order valence-electron chi connectivity index (χ0n) is 30.8. The normalized spacial score (nSPS) is 21.1. The van der Waals surface area contributed by atoms with Gasteiger partial charge in [0.2, 0.25) is 11.8 Å². The molecule has 0 radical (unpaired) electrons. The van der Waals surface area contributed by atoms with E-state index in [0.717, 1.165) is 62.2 Å². The van der Waals surface area contributed by atoms with E-state index in [1.165, 1.54) is 31.1 Å². The summed E-state index contributed by atoms with van der Waals surface area (Å²) < 4.78 is 3.34. The number of nitriles is 2. The van der Waals surface area contributed by atoms with Crippen LogP contribution in [0.3, 0.4) is 0 Å². The van der Waals surface area contributed by atoms with Crippen molar-refractivity contribution in [2.75, 3.05) is 42.9 Å². The summed E-state index contributed by atoms with van der Waals surface area (Å²) in [5, 5.41) is 38.8. The van der Waals surface area contributed by atoms with Crippen LogP contribution in [0.25, 0.3) is 22.5 Å². The molecule has 6 heterocycles. The second kappa shape index (κ2) is 15.7. The Morgan fingerprint density at radius 3 is 2.51 bits per heavy atom. The van der Waals surface area contributed by atoms with E-state index < -0.39 is 6.04 Å². The van der Waals surface area contributed by atoms with Crippen molar-refractivity contribution in [2.24, 2.45) is 5.92 Å². The molecule has 5 aromatic rings. The number of fused-ring (bicyclic) bond motifs is 1. The molecule has 280 valence electrons. The van der Waals surface area contributed by atoms with Gasteiger partial charge in [-0.15, -0.1) is 5.10 Å². The van der Waals surface area contributed by atoms with Crippen LogP contribution in [0.5, 0.6) is 0 Å². The second-order valence-corrected chi connectivity index (χ2v) is 14.9. The lowest BCUT2D eigenvalue weighted by atomic mass is 9.79. The lowest BCUT2D eigenvalue weighted by Gasteiger charge is -2.37. The predicted molar refractivity (Wildman–Crippen MR) is 205 cm³/mol. The summed E-state index contributed by atoms with van der Waals surface area (Å²) >= 11 is 0. The molecule has 2 saturated heterocycles. The molecular weight excluding hydrogens is 695 g/mol. The number of carbonyl (C=O) groups is 2. The maximum atomic E-state index is 12.3. The first-order chi connectivity index (χ1) is 26.8. The highest BCUT2D eigenvalue weighted by molar-refractivity contribution is 6.01. The molecule has 2 amide bonds. The molecule has 2 N–H and O–H groups in total. The molecule has 3 aliphatic rings. The zero-order valence-corrected chi connectivity index (χ0v) is 30.8. The highest BCUT2D eigenvalue weighted by atomic mass is 16.2. The van der Waals surface area contributed by atoms with Gasteiger partial charge in [0.15, 0.2) is 11.5 Å². The van der Waals surface area contributed by atoms with Crippen molar-refractivity contribution in [1.29, 1.82) is 10.5 Å². The maximum Gasteiger partial charge on any atom is 0.234 e. The van der Waals surface area contributed by atoms with Crippen LogP contribution in [0.2, 0.25) is 0 Å². The molecule has 55 heavy (non-hydrogen) atoms.